The van der Waals surface area contributed by atoms with E-state index in [9.17, 15) is 9.59 Å². The Hall–Kier alpha value is -3.75. The highest BCUT2D eigenvalue weighted by molar-refractivity contribution is 5.93. The van der Waals surface area contributed by atoms with E-state index in [0.29, 0.717) is 25.3 Å². The maximum Gasteiger partial charge on any atom is 0.247 e. The first-order valence-electron chi connectivity index (χ1n) is 11.1. The van der Waals surface area contributed by atoms with Crippen LogP contribution >= 0.6 is 0 Å². The van der Waals surface area contributed by atoms with Crippen LogP contribution in [-0.2, 0) is 16.0 Å². The third-order valence-corrected chi connectivity index (χ3v) is 5.95. The molecule has 33 heavy (non-hydrogen) atoms. The summed E-state index contributed by atoms with van der Waals surface area (Å²) >= 11 is 0. The number of rotatable bonds is 7. The van der Waals surface area contributed by atoms with Crippen molar-refractivity contribution in [3.63, 3.8) is 0 Å². The van der Waals surface area contributed by atoms with E-state index < -0.39 is 6.04 Å². The summed E-state index contributed by atoms with van der Waals surface area (Å²) in [6, 6.07) is 16.4. The van der Waals surface area contributed by atoms with Gasteiger partial charge in [-0.3, -0.25) is 9.59 Å². The summed E-state index contributed by atoms with van der Waals surface area (Å²) < 4.78 is 6.89. The molecule has 0 aliphatic carbocycles. The lowest BCUT2D eigenvalue weighted by Crippen LogP contribution is -2.47. The smallest absolute Gasteiger partial charge is 0.247 e. The number of aryl methyl sites for hydroxylation is 1. The van der Waals surface area contributed by atoms with Crippen molar-refractivity contribution in [1.29, 1.82) is 0 Å². The van der Waals surface area contributed by atoms with Crippen LogP contribution in [-0.4, -0.2) is 57.1 Å². The first-order valence-corrected chi connectivity index (χ1v) is 11.1. The largest absolute Gasteiger partial charge is 0.497 e. The molecule has 1 N–H and O–H groups in total. The molecule has 2 amide bonds. The number of likely N-dealkylation sites (tertiary alicyclic amines) is 1. The lowest BCUT2D eigenvalue weighted by molar-refractivity contribution is -0.138. The Morgan fingerprint density at radius 3 is 2.73 bits per heavy atom. The van der Waals surface area contributed by atoms with Crippen LogP contribution in [0.2, 0.25) is 0 Å². The minimum atomic E-state index is -0.608. The maximum absolute atomic E-state index is 13.7. The molecular formula is C24H28N6O3. The lowest BCUT2D eigenvalue weighted by Gasteiger charge is -2.34. The molecule has 0 spiro atoms. The number of nitrogens with zero attached hydrogens (tertiary/aromatic N) is 5. The van der Waals surface area contributed by atoms with Gasteiger partial charge in [0.15, 0.2) is 0 Å². The number of piperidine rings is 1. The van der Waals surface area contributed by atoms with Gasteiger partial charge in [-0.1, -0.05) is 30.3 Å². The number of nitrogens with one attached hydrogen (secondary N) is 1. The van der Waals surface area contributed by atoms with Gasteiger partial charge in [-0.25, -0.2) is 4.68 Å². The standard InChI is InChI=1S/C24H28N6O3/c1-17-26-27-28-30(17)22(15-18-8-6-12-21(14-18)33-2)24(32)29-13-7-9-19(16-29)23(31)25-20-10-4-3-5-11-20/h3-6,8,10-12,14,19,22H,7,9,13,15-16H2,1-2H3,(H,25,31)/t19-,22+/m1/s1. The molecule has 4 rings (SSSR count). The summed E-state index contributed by atoms with van der Waals surface area (Å²) in [6.07, 6.45) is 1.92. The Kier molecular flexibility index (Phi) is 6.97. The van der Waals surface area contributed by atoms with E-state index >= 15 is 0 Å². The third-order valence-electron chi connectivity index (χ3n) is 5.95. The molecule has 1 aliphatic heterocycles. The van der Waals surface area contributed by atoms with Crippen molar-refractivity contribution in [3.8, 4) is 5.75 Å². The number of carbonyl (C=O) groups is 2. The van der Waals surface area contributed by atoms with Gasteiger partial charge in [-0.05, 0) is 60.0 Å². The van der Waals surface area contributed by atoms with Crippen molar-refractivity contribution in [2.45, 2.75) is 32.2 Å². The van der Waals surface area contributed by atoms with E-state index in [-0.39, 0.29) is 17.7 Å². The van der Waals surface area contributed by atoms with E-state index in [0.717, 1.165) is 29.8 Å². The van der Waals surface area contributed by atoms with Crippen molar-refractivity contribution in [2.24, 2.45) is 5.92 Å². The number of amides is 2. The number of aromatic nitrogens is 4. The molecular weight excluding hydrogens is 420 g/mol. The summed E-state index contributed by atoms with van der Waals surface area (Å²) in [7, 11) is 1.61. The number of para-hydroxylation sites is 1. The average molecular weight is 449 g/mol. The second kappa shape index (κ2) is 10.2. The Labute approximate surface area is 192 Å². The normalized spacial score (nSPS) is 16.8. The summed E-state index contributed by atoms with van der Waals surface area (Å²) in [5.74, 6) is 0.858. The maximum atomic E-state index is 13.7. The van der Waals surface area contributed by atoms with E-state index in [2.05, 4.69) is 20.8 Å². The number of hydrogen-bond donors (Lipinski definition) is 1. The minimum Gasteiger partial charge on any atom is -0.497 e. The van der Waals surface area contributed by atoms with Crippen LogP contribution in [0.3, 0.4) is 0 Å². The van der Waals surface area contributed by atoms with Crippen molar-refractivity contribution >= 4 is 17.5 Å². The highest BCUT2D eigenvalue weighted by atomic mass is 16.5. The van der Waals surface area contributed by atoms with Gasteiger partial charge in [0.1, 0.15) is 17.6 Å². The van der Waals surface area contributed by atoms with Crippen molar-refractivity contribution in [2.75, 3.05) is 25.5 Å². The van der Waals surface area contributed by atoms with Crippen LogP contribution in [0.25, 0.3) is 0 Å². The molecule has 9 heteroatoms. The van der Waals surface area contributed by atoms with Gasteiger partial charge in [0.25, 0.3) is 0 Å². The number of methoxy groups -OCH3 is 1. The zero-order chi connectivity index (χ0) is 23.2. The van der Waals surface area contributed by atoms with E-state index in [1.807, 2.05) is 54.6 Å². The third kappa shape index (κ3) is 5.36. The highest BCUT2D eigenvalue weighted by Crippen LogP contribution is 2.25. The second-order valence-corrected chi connectivity index (χ2v) is 8.22. The fraction of sp³-hybridized carbons (Fsp3) is 0.375. The Morgan fingerprint density at radius 1 is 1.18 bits per heavy atom. The first-order chi connectivity index (χ1) is 16.0. The molecule has 0 bridgehead atoms. The van der Waals surface area contributed by atoms with Crippen LogP contribution in [0.5, 0.6) is 5.75 Å². The van der Waals surface area contributed by atoms with Gasteiger partial charge in [0, 0.05) is 25.2 Å². The number of hydrogen-bond acceptors (Lipinski definition) is 6. The fourth-order valence-corrected chi connectivity index (χ4v) is 4.20. The van der Waals surface area contributed by atoms with E-state index in [1.54, 1.807) is 23.6 Å². The van der Waals surface area contributed by atoms with Gasteiger partial charge >= 0.3 is 0 Å². The predicted molar refractivity (Wildman–Crippen MR) is 123 cm³/mol. The highest BCUT2D eigenvalue weighted by Gasteiger charge is 2.34. The Morgan fingerprint density at radius 2 is 2.00 bits per heavy atom. The van der Waals surface area contributed by atoms with Gasteiger partial charge in [-0.15, -0.1) is 5.10 Å². The summed E-state index contributed by atoms with van der Waals surface area (Å²) in [5, 5.41) is 14.8. The molecule has 2 aromatic carbocycles. The molecule has 0 radical (unpaired) electrons. The van der Waals surface area contributed by atoms with Crippen LogP contribution in [0, 0.1) is 12.8 Å². The molecule has 2 atom stereocenters. The molecule has 0 unspecified atom stereocenters. The Bertz CT molecular complexity index is 1100. The van der Waals surface area contributed by atoms with E-state index in [1.165, 1.54) is 0 Å². The first kappa shape index (κ1) is 22.4. The van der Waals surface area contributed by atoms with Crippen molar-refractivity contribution < 1.29 is 14.3 Å². The Balaban J connectivity index is 1.51. The van der Waals surface area contributed by atoms with Gasteiger partial charge < -0.3 is 15.0 Å². The van der Waals surface area contributed by atoms with Gasteiger partial charge in [0.05, 0.1) is 13.0 Å². The van der Waals surface area contributed by atoms with Crippen LogP contribution in [0.15, 0.2) is 54.6 Å². The van der Waals surface area contributed by atoms with Crippen molar-refractivity contribution in [1.82, 2.24) is 25.1 Å². The lowest BCUT2D eigenvalue weighted by atomic mass is 9.95. The molecule has 1 saturated heterocycles. The molecule has 172 valence electrons. The quantitative estimate of drug-likeness (QED) is 0.596. The van der Waals surface area contributed by atoms with Crippen LogP contribution in [0.1, 0.15) is 30.3 Å². The number of tetrazole rings is 1. The number of anilines is 1. The number of benzene rings is 2. The average Bonchev–Trinajstić information content (AvgIpc) is 3.28. The molecule has 2 heterocycles. The SMILES string of the molecule is COc1cccc(C[C@@H](C(=O)N2CCC[C@@H](C(=O)Nc3ccccc3)C2)n2nnnc2C)c1. The number of carbonyl (C=O) groups excluding carboxylic acids is 2. The second-order valence-electron chi connectivity index (χ2n) is 8.22. The van der Waals surface area contributed by atoms with Crippen molar-refractivity contribution in [3.05, 3.63) is 66.0 Å². The molecule has 1 aromatic heterocycles. The van der Waals surface area contributed by atoms with Gasteiger partial charge in [0.2, 0.25) is 11.8 Å². The predicted octanol–water partition coefficient (Wildman–Crippen LogP) is 2.65. The molecule has 1 aliphatic rings. The summed E-state index contributed by atoms with van der Waals surface area (Å²) in [4.78, 5) is 28.3. The molecule has 0 saturated carbocycles. The molecule has 1 fully saturated rings. The van der Waals surface area contributed by atoms with Gasteiger partial charge in [-0.2, -0.15) is 0 Å². The monoisotopic (exact) mass is 448 g/mol. The minimum absolute atomic E-state index is 0.0679. The topological polar surface area (TPSA) is 102 Å². The zero-order valence-corrected chi connectivity index (χ0v) is 18.8. The van der Waals surface area contributed by atoms with Crippen LogP contribution in [0.4, 0.5) is 5.69 Å². The van der Waals surface area contributed by atoms with E-state index in [4.69, 9.17) is 4.74 Å². The molecule has 3 aromatic rings. The molecule has 9 nitrogen and oxygen atoms in total. The fourth-order valence-electron chi connectivity index (χ4n) is 4.20. The zero-order valence-electron chi connectivity index (χ0n) is 18.8. The summed E-state index contributed by atoms with van der Waals surface area (Å²) in [5.41, 5.74) is 1.70. The van der Waals surface area contributed by atoms with Crippen LogP contribution < -0.4 is 10.1 Å². The number of ether oxygens (including phenoxy) is 1. The summed E-state index contributed by atoms with van der Waals surface area (Å²) in [6.45, 7) is 2.75.